The van der Waals surface area contributed by atoms with E-state index in [1.54, 1.807) is 24.1 Å². The van der Waals surface area contributed by atoms with E-state index in [0.717, 1.165) is 18.6 Å². The number of piperidine rings is 1. The molecule has 0 saturated carbocycles. The number of benzene rings is 2. The molecule has 0 spiro atoms. The van der Waals surface area contributed by atoms with E-state index >= 15 is 0 Å². The van der Waals surface area contributed by atoms with Gasteiger partial charge < -0.3 is 14.2 Å². The molecule has 1 amide bonds. The van der Waals surface area contributed by atoms with Crippen LogP contribution in [0.2, 0.25) is 0 Å². The maximum absolute atomic E-state index is 13.0. The third-order valence-electron chi connectivity index (χ3n) is 5.29. The molecule has 0 N–H and O–H groups in total. The molecule has 2 aromatic carbocycles. The molecule has 0 aliphatic carbocycles. The predicted octanol–water partition coefficient (Wildman–Crippen LogP) is 4.78. The van der Waals surface area contributed by atoms with Crippen LogP contribution in [0.1, 0.15) is 40.5 Å². The Kier molecular flexibility index (Phi) is 5.67. The van der Waals surface area contributed by atoms with Gasteiger partial charge in [-0.15, -0.1) is 0 Å². The van der Waals surface area contributed by atoms with E-state index < -0.39 is 17.6 Å². The van der Waals surface area contributed by atoms with Gasteiger partial charge in [-0.2, -0.15) is 18.2 Å². The second kappa shape index (κ2) is 8.41. The highest BCUT2D eigenvalue weighted by Gasteiger charge is 2.33. The van der Waals surface area contributed by atoms with Crippen molar-refractivity contribution in [1.29, 1.82) is 0 Å². The van der Waals surface area contributed by atoms with Crippen LogP contribution in [0.25, 0.3) is 11.5 Å². The molecule has 31 heavy (non-hydrogen) atoms. The minimum atomic E-state index is -4.50. The fourth-order valence-electron chi connectivity index (χ4n) is 3.71. The molecule has 2 heterocycles. The second-order valence-electron chi connectivity index (χ2n) is 7.33. The first-order valence-electron chi connectivity index (χ1n) is 9.80. The molecule has 4 rings (SSSR count). The van der Waals surface area contributed by atoms with Crippen LogP contribution in [0.3, 0.4) is 0 Å². The van der Waals surface area contributed by atoms with Crippen molar-refractivity contribution in [3.05, 3.63) is 65.5 Å². The van der Waals surface area contributed by atoms with Gasteiger partial charge in [0, 0.05) is 24.6 Å². The predicted molar refractivity (Wildman–Crippen MR) is 106 cm³/mol. The largest absolute Gasteiger partial charge is 0.496 e. The maximum atomic E-state index is 13.0. The van der Waals surface area contributed by atoms with Crippen molar-refractivity contribution in [2.24, 2.45) is 0 Å². The van der Waals surface area contributed by atoms with Crippen LogP contribution in [0.5, 0.6) is 5.75 Å². The van der Waals surface area contributed by atoms with Gasteiger partial charge in [0.25, 0.3) is 11.8 Å². The summed E-state index contributed by atoms with van der Waals surface area (Å²) in [7, 11) is 1.55. The SMILES string of the molecule is COc1ccccc1-c1nc(C2CCCN(C(=O)c3cccc(C(F)(F)F)c3)C2)no1. The Morgan fingerprint density at radius 1 is 1.19 bits per heavy atom. The Morgan fingerprint density at radius 3 is 2.77 bits per heavy atom. The lowest BCUT2D eigenvalue weighted by atomic mass is 9.96. The molecule has 9 heteroatoms. The second-order valence-corrected chi connectivity index (χ2v) is 7.33. The fraction of sp³-hybridized carbons (Fsp3) is 0.318. The van der Waals surface area contributed by atoms with Gasteiger partial charge in [0.05, 0.1) is 18.2 Å². The Balaban J connectivity index is 1.52. The van der Waals surface area contributed by atoms with Gasteiger partial charge in [-0.1, -0.05) is 23.4 Å². The van der Waals surface area contributed by atoms with Crippen molar-refractivity contribution in [3.63, 3.8) is 0 Å². The number of carbonyl (C=O) groups excluding carboxylic acids is 1. The molecule has 1 fully saturated rings. The number of alkyl halides is 3. The molecular weight excluding hydrogens is 411 g/mol. The monoisotopic (exact) mass is 431 g/mol. The van der Waals surface area contributed by atoms with E-state index in [4.69, 9.17) is 9.26 Å². The first-order valence-corrected chi connectivity index (χ1v) is 9.80. The molecule has 162 valence electrons. The van der Waals surface area contributed by atoms with Crippen LogP contribution < -0.4 is 4.74 Å². The summed E-state index contributed by atoms with van der Waals surface area (Å²) in [6.07, 6.45) is -3.06. The standard InChI is InChI=1S/C22H20F3N3O3/c1-30-18-10-3-2-9-17(18)20-26-19(27-31-20)15-7-5-11-28(13-15)21(29)14-6-4-8-16(12-14)22(23,24)25/h2-4,6,8-10,12,15H,5,7,11,13H2,1H3. The van der Waals surface area contributed by atoms with Crippen LogP contribution in [0, 0.1) is 0 Å². The molecule has 0 bridgehead atoms. The summed E-state index contributed by atoms with van der Waals surface area (Å²) in [4.78, 5) is 18.9. The van der Waals surface area contributed by atoms with Gasteiger partial charge in [-0.3, -0.25) is 4.79 Å². The normalized spacial score (nSPS) is 16.9. The number of carbonyl (C=O) groups is 1. The third kappa shape index (κ3) is 4.40. The lowest BCUT2D eigenvalue weighted by molar-refractivity contribution is -0.137. The Labute approximate surface area is 176 Å². The summed E-state index contributed by atoms with van der Waals surface area (Å²) >= 11 is 0. The van der Waals surface area contributed by atoms with Gasteiger partial charge in [-0.25, -0.2) is 0 Å². The van der Waals surface area contributed by atoms with Crippen LogP contribution in [-0.4, -0.2) is 41.1 Å². The Bertz CT molecular complexity index is 1080. The summed E-state index contributed by atoms with van der Waals surface area (Å²) < 4.78 is 49.7. The number of para-hydroxylation sites is 1. The Hall–Kier alpha value is -3.36. The number of methoxy groups -OCH3 is 1. The highest BCUT2D eigenvalue weighted by Crippen LogP contribution is 2.33. The van der Waals surface area contributed by atoms with E-state index in [1.165, 1.54) is 12.1 Å². The summed E-state index contributed by atoms with van der Waals surface area (Å²) in [5.41, 5.74) is -0.165. The van der Waals surface area contributed by atoms with E-state index in [0.29, 0.717) is 42.5 Å². The number of likely N-dealkylation sites (tertiary alicyclic amines) is 1. The van der Waals surface area contributed by atoms with Crippen molar-refractivity contribution in [3.8, 4) is 17.2 Å². The molecule has 1 aliphatic heterocycles. The number of amides is 1. The topological polar surface area (TPSA) is 68.5 Å². The van der Waals surface area contributed by atoms with Crippen molar-refractivity contribution < 1.29 is 27.2 Å². The molecule has 0 radical (unpaired) electrons. The van der Waals surface area contributed by atoms with Crippen LogP contribution in [0.15, 0.2) is 53.1 Å². The molecule has 3 aromatic rings. The zero-order valence-corrected chi connectivity index (χ0v) is 16.7. The average molecular weight is 431 g/mol. The highest BCUT2D eigenvalue weighted by atomic mass is 19.4. The van der Waals surface area contributed by atoms with E-state index in [9.17, 15) is 18.0 Å². The molecule has 1 saturated heterocycles. The lowest BCUT2D eigenvalue weighted by Gasteiger charge is -2.31. The number of ether oxygens (including phenoxy) is 1. The maximum Gasteiger partial charge on any atom is 0.416 e. The average Bonchev–Trinajstić information content (AvgIpc) is 3.28. The number of halogens is 3. The van der Waals surface area contributed by atoms with Gasteiger partial charge in [-0.05, 0) is 43.2 Å². The van der Waals surface area contributed by atoms with Crippen molar-refractivity contribution in [2.45, 2.75) is 24.9 Å². The van der Waals surface area contributed by atoms with Crippen molar-refractivity contribution in [1.82, 2.24) is 15.0 Å². The summed E-state index contributed by atoms with van der Waals surface area (Å²) in [6, 6.07) is 11.7. The fourth-order valence-corrected chi connectivity index (χ4v) is 3.71. The molecule has 1 unspecified atom stereocenters. The van der Waals surface area contributed by atoms with E-state index in [1.807, 2.05) is 12.1 Å². The first-order chi connectivity index (χ1) is 14.9. The summed E-state index contributed by atoms with van der Waals surface area (Å²) in [6.45, 7) is 0.767. The summed E-state index contributed by atoms with van der Waals surface area (Å²) in [5, 5.41) is 4.08. The van der Waals surface area contributed by atoms with Crippen molar-refractivity contribution in [2.75, 3.05) is 20.2 Å². The van der Waals surface area contributed by atoms with Crippen LogP contribution in [-0.2, 0) is 6.18 Å². The van der Waals surface area contributed by atoms with Gasteiger partial charge >= 0.3 is 6.18 Å². The smallest absolute Gasteiger partial charge is 0.416 e. The lowest BCUT2D eigenvalue weighted by Crippen LogP contribution is -2.39. The summed E-state index contributed by atoms with van der Waals surface area (Å²) in [5.74, 6) is 0.763. The number of aromatic nitrogens is 2. The van der Waals surface area contributed by atoms with Crippen molar-refractivity contribution >= 4 is 5.91 Å². The minimum Gasteiger partial charge on any atom is -0.496 e. The van der Waals surface area contributed by atoms with E-state index in [-0.39, 0.29) is 11.5 Å². The minimum absolute atomic E-state index is 0.0123. The number of nitrogens with zero attached hydrogens (tertiary/aromatic N) is 3. The molecule has 1 aliphatic rings. The zero-order valence-electron chi connectivity index (χ0n) is 16.7. The molecule has 1 atom stereocenters. The van der Waals surface area contributed by atoms with Gasteiger partial charge in [0.1, 0.15) is 5.75 Å². The highest BCUT2D eigenvalue weighted by molar-refractivity contribution is 5.94. The Morgan fingerprint density at radius 2 is 2.00 bits per heavy atom. The van der Waals surface area contributed by atoms with E-state index in [2.05, 4.69) is 10.1 Å². The molecular formula is C22H20F3N3O3. The molecule has 1 aromatic heterocycles. The van der Waals surface area contributed by atoms with Gasteiger partial charge in [0.15, 0.2) is 5.82 Å². The molecule has 6 nitrogen and oxygen atoms in total. The van der Waals surface area contributed by atoms with Gasteiger partial charge in [0.2, 0.25) is 0 Å². The first kappa shape index (κ1) is 20.9. The third-order valence-corrected chi connectivity index (χ3v) is 5.29. The quantitative estimate of drug-likeness (QED) is 0.595. The number of hydrogen-bond donors (Lipinski definition) is 0. The van der Waals surface area contributed by atoms with Crippen LogP contribution >= 0.6 is 0 Å². The number of rotatable bonds is 4. The number of hydrogen-bond acceptors (Lipinski definition) is 5. The van der Waals surface area contributed by atoms with Crippen LogP contribution in [0.4, 0.5) is 13.2 Å². The zero-order chi connectivity index (χ0) is 22.0.